The zero-order valence-electron chi connectivity index (χ0n) is 14.0. The van der Waals surface area contributed by atoms with Gasteiger partial charge in [0, 0.05) is 19.8 Å². The van der Waals surface area contributed by atoms with E-state index in [1.807, 2.05) is 6.07 Å². The summed E-state index contributed by atoms with van der Waals surface area (Å²) in [5.74, 6) is -0.960. The van der Waals surface area contributed by atoms with E-state index in [9.17, 15) is 14.7 Å². The number of benzene rings is 1. The van der Waals surface area contributed by atoms with E-state index >= 15 is 0 Å². The molecule has 1 heterocycles. The van der Waals surface area contributed by atoms with Crippen LogP contribution in [0.1, 0.15) is 42.4 Å². The average molecular weight is 331 g/mol. The molecule has 2 N–H and O–H groups in total. The van der Waals surface area contributed by atoms with Crippen LogP contribution in [0.2, 0.25) is 0 Å². The van der Waals surface area contributed by atoms with E-state index in [4.69, 9.17) is 4.74 Å². The lowest BCUT2D eigenvalue weighted by Gasteiger charge is -2.33. The Hall–Kier alpha value is -1.88. The molecule has 1 amide bonds. The van der Waals surface area contributed by atoms with E-state index in [1.54, 1.807) is 0 Å². The SMILES string of the molecule is O=C(Cc1ccc2c(c1)CCCC2)NCC1(C(=O)O)CCOCC1. The number of carboxylic acids is 1. The predicted molar refractivity (Wildman–Crippen MR) is 89.9 cm³/mol. The summed E-state index contributed by atoms with van der Waals surface area (Å²) in [6, 6.07) is 6.29. The molecule has 0 saturated carbocycles. The highest BCUT2D eigenvalue weighted by atomic mass is 16.5. The summed E-state index contributed by atoms with van der Waals surface area (Å²) in [6.07, 6.45) is 5.87. The van der Waals surface area contributed by atoms with Crippen LogP contribution in [0.4, 0.5) is 0 Å². The topological polar surface area (TPSA) is 75.6 Å². The summed E-state index contributed by atoms with van der Waals surface area (Å²) in [7, 11) is 0. The number of rotatable bonds is 5. The van der Waals surface area contributed by atoms with Crippen molar-refractivity contribution >= 4 is 11.9 Å². The summed E-state index contributed by atoms with van der Waals surface area (Å²) in [5.41, 5.74) is 2.88. The Morgan fingerprint density at radius 2 is 1.83 bits per heavy atom. The van der Waals surface area contributed by atoms with E-state index in [0.717, 1.165) is 18.4 Å². The van der Waals surface area contributed by atoms with Crippen molar-refractivity contribution < 1.29 is 19.4 Å². The Balaban J connectivity index is 1.58. The van der Waals surface area contributed by atoms with Crippen LogP contribution in [0, 0.1) is 5.41 Å². The molecule has 1 aromatic rings. The second-order valence-corrected chi connectivity index (χ2v) is 6.96. The number of carbonyl (C=O) groups excluding carboxylic acids is 1. The summed E-state index contributed by atoms with van der Waals surface area (Å²) in [4.78, 5) is 23.9. The fraction of sp³-hybridized carbons (Fsp3) is 0.579. The zero-order valence-corrected chi connectivity index (χ0v) is 14.0. The Labute approximate surface area is 142 Å². The molecule has 0 spiro atoms. The van der Waals surface area contributed by atoms with Crippen LogP contribution in [0.15, 0.2) is 18.2 Å². The molecule has 1 aliphatic carbocycles. The molecule has 0 radical (unpaired) electrons. The fourth-order valence-electron chi connectivity index (χ4n) is 3.64. The number of carboxylic acid groups (broad SMARTS) is 1. The largest absolute Gasteiger partial charge is 0.481 e. The van der Waals surface area contributed by atoms with Gasteiger partial charge in [0.2, 0.25) is 5.91 Å². The number of aliphatic carboxylic acids is 1. The molecule has 5 nitrogen and oxygen atoms in total. The first kappa shape index (κ1) is 17.0. The number of fused-ring (bicyclic) bond motifs is 1. The zero-order chi connectivity index (χ0) is 17.0. The number of aryl methyl sites for hydroxylation is 2. The summed E-state index contributed by atoms with van der Waals surface area (Å²) in [5, 5.41) is 12.3. The number of amides is 1. The molecule has 130 valence electrons. The van der Waals surface area contributed by atoms with Crippen LogP contribution in [0.3, 0.4) is 0 Å². The number of carbonyl (C=O) groups is 2. The van der Waals surface area contributed by atoms with Crippen LogP contribution in [0.5, 0.6) is 0 Å². The van der Waals surface area contributed by atoms with Gasteiger partial charge in [0.25, 0.3) is 0 Å². The van der Waals surface area contributed by atoms with Gasteiger partial charge in [0.1, 0.15) is 0 Å². The minimum Gasteiger partial charge on any atom is -0.481 e. The quantitative estimate of drug-likeness (QED) is 0.866. The molecule has 24 heavy (non-hydrogen) atoms. The van der Waals surface area contributed by atoms with Gasteiger partial charge >= 0.3 is 5.97 Å². The highest BCUT2D eigenvalue weighted by Crippen LogP contribution is 2.30. The molecule has 0 unspecified atom stereocenters. The maximum atomic E-state index is 12.3. The van der Waals surface area contributed by atoms with Gasteiger partial charge in [0.05, 0.1) is 11.8 Å². The van der Waals surface area contributed by atoms with E-state index in [-0.39, 0.29) is 12.5 Å². The van der Waals surface area contributed by atoms with Crippen molar-refractivity contribution in [1.29, 1.82) is 0 Å². The minimum absolute atomic E-state index is 0.113. The minimum atomic E-state index is -0.885. The monoisotopic (exact) mass is 331 g/mol. The maximum absolute atomic E-state index is 12.3. The van der Waals surface area contributed by atoms with Gasteiger partial charge in [-0.2, -0.15) is 0 Å². The van der Waals surface area contributed by atoms with Crippen molar-refractivity contribution in [1.82, 2.24) is 5.32 Å². The van der Waals surface area contributed by atoms with Gasteiger partial charge in [-0.1, -0.05) is 18.2 Å². The van der Waals surface area contributed by atoms with Crippen molar-refractivity contribution in [3.8, 4) is 0 Å². The summed E-state index contributed by atoms with van der Waals surface area (Å²) >= 11 is 0. The Kier molecular flexibility index (Phi) is 5.19. The lowest BCUT2D eigenvalue weighted by Crippen LogP contribution is -2.46. The molecular weight excluding hydrogens is 306 g/mol. The molecule has 5 heteroatoms. The van der Waals surface area contributed by atoms with Crippen molar-refractivity contribution in [2.24, 2.45) is 5.41 Å². The second-order valence-electron chi connectivity index (χ2n) is 6.96. The lowest BCUT2D eigenvalue weighted by molar-refractivity contribution is -0.154. The molecule has 3 rings (SSSR count). The van der Waals surface area contributed by atoms with E-state index in [2.05, 4.69) is 17.4 Å². The van der Waals surface area contributed by atoms with Crippen molar-refractivity contribution in [3.63, 3.8) is 0 Å². The van der Waals surface area contributed by atoms with E-state index in [0.29, 0.717) is 32.5 Å². The number of nitrogens with one attached hydrogen (secondary N) is 1. The molecule has 0 aromatic heterocycles. The predicted octanol–water partition coefficient (Wildman–Crippen LogP) is 2.11. The molecule has 1 fully saturated rings. The third-order valence-electron chi connectivity index (χ3n) is 5.31. The van der Waals surface area contributed by atoms with Gasteiger partial charge in [-0.25, -0.2) is 0 Å². The molecule has 2 aliphatic rings. The first-order valence-corrected chi connectivity index (χ1v) is 8.78. The fourth-order valence-corrected chi connectivity index (χ4v) is 3.64. The second kappa shape index (κ2) is 7.34. The summed E-state index contributed by atoms with van der Waals surface area (Å²) < 4.78 is 5.25. The molecule has 1 aliphatic heterocycles. The Bertz CT molecular complexity index is 620. The van der Waals surface area contributed by atoms with Crippen molar-refractivity contribution in [2.75, 3.05) is 19.8 Å². The molecule has 0 atom stereocenters. The first-order valence-electron chi connectivity index (χ1n) is 8.78. The van der Waals surface area contributed by atoms with Gasteiger partial charge in [0.15, 0.2) is 0 Å². The van der Waals surface area contributed by atoms with E-state index in [1.165, 1.54) is 24.0 Å². The number of ether oxygens (including phenoxy) is 1. The van der Waals surface area contributed by atoms with Crippen molar-refractivity contribution in [3.05, 3.63) is 34.9 Å². The van der Waals surface area contributed by atoms with E-state index < -0.39 is 11.4 Å². The number of hydrogen-bond donors (Lipinski definition) is 2. The third kappa shape index (κ3) is 3.78. The number of hydrogen-bond acceptors (Lipinski definition) is 3. The highest BCUT2D eigenvalue weighted by molar-refractivity contribution is 5.80. The van der Waals surface area contributed by atoms with Gasteiger partial charge in [-0.05, 0) is 55.2 Å². The van der Waals surface area contributed by atoms with Crippen LogP contribution in [-0.4, -0.2) is 36.7 Å². The highest BCUT2D eigenvalue weighted by Gasteiger charge is 2.40. The molecule has 1 saturated heterocycles. The standard InChI is InChI=1S/C19H25NO4/c21-17(20-13-19(18(22)23)7-9-24-10-8-19)12-14-5-6-15-3-1-2-4-16(15)11-14/h5-6,11H,1-4,7-10,12-13H2,(H,20,21)(H,22,23). The Morgan fingerprint density at radius 1 is 1.12 bits per heavy atom. The van der Waals surface area contributed by atoms with Crippen LogP contribution in [-0.2, 0) is 33.6 Å². The van der Waals surface area contributed by atoms with Crippen LogP contribution < -0.4 is 5.32 Å². The first-order chi connectivity index (χ1) is 11.6. The van der Waals surface area contributed by atoms with Crippen LogP contribution in [0.25, 0.3) is 0 Å². The third-order valence-corrected chi connectivity index (χ3v) is 5.31. The van der Waals surface area contributed by atoms with Gasteiger partial charge in [-0.15, -0.1) is 0 Å². The lowest BCUT2D eigenvalue weighted by atomic mass is 9.80. The maximum Gasteiger partial charge on any atom is 0.311 e. The van der Waals surface area contributed by atoms with Gasteiger partial charge < -0.3 is 15.2 Å². The normalized spacial score (nSPS) is 19.3. The average Bonchev–Trinajstić information content (AvgIpc) is 2.60. The smallest absolute Gasteiger partial charge is 0.311 e. The summed E-state index contributed by atoms with van der Waals surface area (Å²) in [6.45, 7) is 1.05. The molecule has 1 aromatic carbocycles. The van der Waals surface area contributed by atoms with Crippen LogP contribution >= 0.6 is 0 Å². The Morgan fingerprint density at radius 3 is 2.54 bits per heavy atom. The van der Waals surface area contributed by atoms with Crippen molar-refractivity contribution in [2.45, 2.75) is 44.9 Å². The van der Waals surface area contributed by atoms with Gasteiger partial charge in [-0.3, -0.25) is 9.59 Å². The molecule has 0 bridgehead atoms. The molecular formula is C19H25NO4.